The van der Waals surface area contributed by atoms with Crippen LogP contribution >= 0.6 is 67.8 Å². The molecular formula is C14H10I3O5S-. The van der Waals surface area contributed by atoms with Crippen LogP contribution in [0, 0.1) is 10.7 Å². The van der Waals surface area contributed by atoms with Crippen molar-refractivity contribution in [3.63, 3.8) is 0 Å². The first-order chi connectivity index (χ1) is 10.8. The molecule has 0 aromatic heterocycles. The number of halogens is 3. The van der Waals surface area contributed by atoms with Gasteiger partial charge < -0.3 is 14.0 Å². The summed E-state index contributed by atoms with van der Waals surface area (Å²) in [6.45, 7) is 0.663. The van der Waals surface area contributed by atoms with Crippen molar-refractivity contribution in [2.45, 2.75) is 4.90 Å². The van der Waals surface area contributed by atoms with Gasteiger partial charge in [-0.05, 0) is 104 Å². The van der Waals surface area contributed by atoms with Gasteiger partial charge in [-0.25, -0.2) is 8.42 Å². The molecule has 23 heavy (non-hydrogen) atoms. The molecule has 124 valence electrons. The van der Waals surface area contributed by atoms with Crippen LogP contribution in [-0.4, -0.2) is 26.2 Å². The number of ether oxygens (including phenoxy) is 2. The Kier molecular flexibility index (Phi) is 7.18. The molecule has 2 rings (SSSR count). The van der Waals surface area contributed by atoms with Crippen LogP contribution in [0.3, 0.4) is 0 Å². The lowest BCUT2D eigenvalue weighted by atomic mass is 10.3. The van der Waals surface area contributed by atoms with E-state index < -0.39 is 10.1 Å². The van der Waals surface area contributed by atoms with Crippen LogP contribution in [0.15, 0.2) is 41.3 Å². The van der Waals surface area contributed by atoms with E-state index in [1.54, 1.807) is 0 Å². The molecule has 0 aliphatic carbocycles. The summed E-state index contributed by atoms with van der Waals surface area (Å²) in [6.07, 6.45) is 0. The normalized spacial score (nSPS) is 11.3. The number of rotatable bonds is 6. The highest BCUT2D eigenvalue weighted by Crippen LogP contribution is 2.29. The molecule has 2 aromatic rings. The lowest BCUT2D eigenvalue weighted by Crippen LogP contribution is -2.10. The molecule has 0 atom stereocenters. The van der Waals surface area contributed by atoms with Gasteiger partial charge in [-0.2, -0.15) is 0 Å². The highest BCUT2D eigenvalue weighted by atomic mass is 127. The molecule has 2 aromatic carbocycles. The van der Waals surface area contributed by atoms with Gasteiger partial charge in [-0.15, -0.1) is 0 Å². The maximum Gasteiger partial charge on any atom is 0.146 e. The van der Waals surface area contributed by atoms with E-state index in [1.807, 2.05) is 12.1 Å². The molecule has 9 heteroatoms. The van der Waals surface area contributed by atoms with E-state index >= 15 is 0 Å². The third-order valence-electron chi connectivity index (χ3n) is 2.67. The molecule has 0 aliphatic heterocycles. The van der Waals surface area contributed by atoms with Crippen LogP contribution in [0.2, 0.25) is 0 Å². The minimum Gasteiger partial charge on any atom is -0.744 e. The molecule has 0 fully saturated rings. The molecule has 0 aliphatic rings. The van der Waals surface area contributed by atoms with Crippen molar-refractivity contribution in [3.8, 4) is 11.5 Å². The van der Waals surface area contributed by atoms with E-state index in [0.717, 1.165) is 16.5 Å². The maximum atomic E-state index is 10.8. The first kappa shape index (κ1) is 19.5. The van der Waals surface area contributed by atoms with E-state index in [1.165, 1.54) is 24.3 Å². The summed E-state index contributed by atoms with van der Waals surface area (Å²) in [5, 5.41) is 0. The zero-order valence-corrected chi connectivity index (χ0v) is 18.8. The first-order valence-corrected chi connectivity index (χ1v) is 10.9. The van der Waals surface area contributed by atoms with Crippen molar-refractivity contribution >= 4 is 77.9 Å². The van der Waals surface area contributed by atoms with E-state index in [9.17, 15) is 13.0 Å². The van der Waals surface area contributed by atoms with Gasteiger partial charge in [0.25, 0.3) is 0 Å². The fourth-order valence-electron chi connectivity index (χ4n) is 1.67. The first-order valence-electron chi connectivity index (χ1n) is 6.23. The van der Waals surface area contributed by atoms with Crippen LogP contribution in [-0.2, 0) is 10.1 Å². The molecule has 0 radical (unpaired) electrons. The van der Waals surface area contributed by atoms with Crippen LogP contribution in [0.25, 0.3) is 0 Å². The van der Waals surface area contributed by atoms with Gasteiger partial charge in [0.1, 0.15) is 34.8 Å². The topological polar surface area (TPSA) is 75.7 Å². The maximum absolute atomic E-state index is 10.8. The van der Waals surface area contributed by atoms with Gasteiger partial charge in [-0.3, -0.25) is 0 Å². The van der Waals surface area contributed by atoms with Crippen molar-refractivity contribution in [2.75, 3.05) is 13.2 Å². The van der Waals surface area contributed by atoms with Crippen LogP contribution in [0.1, 0.15) is 0 Å². The van der Waals surface area contributed by atoms with Gasteiger partial charge >= 0.3 is 0 Å². The summed E-state index contributed by atoms with van der Waals surface area (Å²) in [4.78, 5) is -0.274. The molecule has 0 amide bonds. The smallest absolute Gasteiger partial charge is 0.146 e. The minimum absolute atomic E-state index is 0.274. The standard InChI is InChI=1S/C14H11I3O5S/c15-9-7-12(16)14(13(17)8-9)22-6-5-21-10-1-3-11(4-2-10)23(18,19)20/h1-4,7-8H,5-6H2,(H,18,19,20)/p-1. The molecule has 0 saturated heterocycles. The average molecular weight is 671 g/mol. The summed E-state index contributed by atoms with van der Waals surface area (Å²) in [6, 6.07) is 9.41. The van der Waals surface area contributed by atoms with Gasteiger partial charge in [0.2, 0.25) is 0 Å². The van der Waals surface area contributed by atoms with E-state index in [4.69, 9.17) is 9.47 Å². The second-order valence-electron chi connectivity index (χ2n) is 4.32. The second-order valence-corrected chi connectivity index (χ2v) is 9.27. The second kappa shape index (κ2) is 8.49. The zero-order chi connectivity index (χ0) is 17.0. The van der Waals surface area contributed by atoms with Gasteiger partial charge in [0, 0.05) is 3.57 Å². The van der Waals surface area contributed by atoms with Crippen molar-refractivity contribution in [2.24, 2.45) is 0 Å². The molecule has 5 nitrogen and oxygen atoms in total. The number of hydrogen-bond acceptors (Lipinski definition) is 5. The Balaban J connectivity index is 1.89. The molecule has 0 bridgehead atoms. The van der Waals surface area contributed by atoms with Crippen molar-refractivity contribution < 1.29 is 22.4 Å². The fraction of sp³-hybridized carbons (Fsp3) is 0.143. The Morgan fingerprint density at radius 3 is 1.96 bits per heavy atom. The predicted octanol–water partition coefficient (Wildman–Crippen LogP) is 3.86. The zero-order valence-electron chi connectivity index (χ0n) is 11.5. The summed E-state index contributed by atoms with van der Waals surface area (Å²) >= 11 is 6.70. The fourth-order valence-corrected chi connectivity index (χ4v) is 6.04. The highest BCUT2D eigenvalue weighted by Gasteiger charge is 2.08. The highest BCUT2D eigenvalue weighted by molar-refractivity contribution is 14.1. The molecular weight excluding hydrogens is 661 g/mol. The number of hydrogen-bond donors (Lipinski definition) is 0. The lowest BCUT2D eigenvalue weighted by molar-refractivity contribution is 0.215. The Morgan fingerprint density at radius 2 is 1.43 bits per heavy atom. The molecule has 0 heterocycles. The third-order valence-corrected chi connectivity index (χ3v) is 5.75. The summed E-state index contributed by atoms with van der Waals surface area (Å²) in [7, 11) is -4.43. The SMILES string of the molecule is O=S(=O)([O-])c1ccc(OCCOc2c(I)cc(I)cc2I)cc1. The van der Waals surface area contributed by atoms with E-state index in [-0.39, 0.29) is 4.90 Å². The average Bonchev–Trinajstić information content (AvgIpc) is 2.45. The quantitative estimate of drug-likeness (QED) is 0.265. The Morgan fingerprint density at radius 1 is 0.913 bits per heavy atom. The van der Waals surface area contributed by atoms with Gasteiger partial charge in [0.15, 0.2) is 0 Å². The molecule has 0 unspecified atom stereocenters. The summed E-state index contributed by atoms with van der Waals surface area (Å²) in [5.41, 5.74) is 0. The van der Waals surface area contributed by atoms with Gasteiger partial charge in [-0.1, -0.05) is 0 Å². The van der Waals surface area contributed by atoms with Crippen LogP contribution in [0.4, 0.5) is 0 Å². The summed E-state index contributed by atoms with van der Waals surface area (Å²) in [5.74, 6) is 1.30. The summed E-state index contributed by atoms with van der Waals surface area (Å²) < 4.78 is 46.9. The van der Waals surface area contributed by atoms with Gasteiger partial charge in [0.05, 0.1) is 12.0 Å². The van der Waals surface area contributed by atoms with Crippen molar-refractivity contribution in [1.29, 1.82) is 0 Å². The lowest BCUT2D eigenvalue weighted by Gasteiger charge is -2.12. The minimum atomic E-state index is -4.43. The van der Waals surface area contributed by atoms with Crippen molar-refractivity contribution in [3.05, 3.63) is 47.1 Å². The van der Waals surface area contributed by atoms with E-state index in [2.05, 4.69) is 67.8 Å². The predicted molar refractivity (Wildman–Crippen MR) is 110 cm³/mol. The van der Waals surface area contributed by atoms with E-state index in [0.29, 0.717) is 19.0 Å². The third kappa shape index (κ3) is 5.86. The number of benzene rings is 2. The van der Waals surface area contributed by atoms with Crippen LogP contribution < -0.4 is 9.47 Å². The molecule has 0 spiro atoms. The largest absolute Gasteiger partial charge is 0.744 e. The molecule has 0 saturated carbocycles. The monoisotopic (exact) mass is 671 g/mol. The van der Waals surface area contributed by atoms with Crippen molar-refractivity contribution in [1.82, 2.24) is 0 Å². The Hall–Kier alpha value is 0.140. The molecule has 0 N–H and O–H groups in total. The van der Waals surface area contributed by atoms with Crippen LogP contribution in [0.5, 0.6) is 11.5 Å². The Bertz CT molecular complexity index is 768. The Labute approximate surface area is 175 Å².